The molecule has 0 spiro atoms. The van der Waals surface area contributed by atoms with Gasteiger partial charge in [-0.25, -0.2) is 0 Å². The number of hydrogen-bond donors (Lipinski definition) is 1. The number of benzene rings is 3. The second kappa shape index (κ2) is 11.5. The van der Waals surface area contributed by atoms with Crippen LogP contribution in [-0.2, 0) is 13.1 Å². The molecule has 1 fully saturated rings. The summed E-state index contributed by atoms with van der Waals surface area (Å²) in [6, 6.07) is 23.6. The molecule has 1 N–H and O–H groups in total. The van der Waals surface area contributed by atoms with Gasteiger partial charge in [0.1, 0.15) is 5.75 Å². The molecule has 0 aliphatic carbocycles. The lowest BCUT2D eigenvalue weighted by Crippen LogP contribution is -2.33. The fraction of sp³-hybridized carbons (Fsp3) is 0.355. The Labute approximate surface area is 220 Å². The van der Waals surface area contributed by atoms with Gasteiger partial charge in [-0.1, -0.05) is 48.5 Å². The van der Waals surface area contributed by atoms with E-state index < -0.39 is 0 Å². The van der Waals surface area contributed by atoms with E-state index in [1.54, 1.807) is 12.7 Å². The van der Waals surface area contributed by atoms with Crippen LogP contribution in [0.25, 0.3) is 22.2 Å². The highest BCUT2D eigenvalue weighted by atomic mass is 35.5. The standard InChI is InChI=1S/C31H36N2O2.ClH/c1-22-8-7-9-23(2)30(22)24-14-16-32(17-15-24)21-28-27-20-26(35-3)12-13-29(27)33(18-19-34)31(28)25-10-5-4-6-11-25;/h4-13,20,24,34H,14-19,21H2,1-3H3;1H. The van der Waals surface area contributed by atoms with E-state index in [2.05, 4.69) is 84.0 Å². The minimum Gasteiger partial charge on any atom is -0.497 e. The summed E-state index contributed by atoms with van der Waals surface area (Å²) in [4.78, 5) is 2.61. The van der Waals surface area contributed by atoms with Crippen LogP contribution in [0.3, 0.4) is 0 Å². The Kier molecular flexibility index (Phi) is 8.40. The summed E-state index contributed by atoms with van der Waals surface area (Å²) in [6.07, 6.45) is 2.37. The van der Waals surface area contributed by atoms with Crippen LogP contribution >= 0.6 is 12.4 Å². The third-order valence-corrected chi connectivity index (χ3v) is 7.67. The largest absolute Gasteiger partial charge is 0.497 e. The van der Waals surface area contributed by atoms with Crippen LogP contribution in [0.5, 0.6) is 5.75 Å². The second-order valence-electron chi connectivity index (χ2n) is 9.81. The maximum absolute atomic E-state index is 9.91. The summed E-state index contributed by atoms with van der Waals surface area (Å²) >= 11 is 0. The summed E-state index contributed by atoms with van der Waals surface area (Å²) in [5, 5.41) is 11.1. The van der Waals surface area contributed by atoms with Gasteiger partial charge in [0, 0.05) is 24.0 Å². The molecular weight excluding hydrogens is 468 g/mol. The smallest absolute Gasteiger partial charge is 0.119 e. The molecular formula is C31H37ClN2O2. The maximum Gasteiger partial charge on any atom is 0.119 e. The van der Waals surface area contributed by atoms with Gasteiger partial charge >= 0.3 is 0 Å². The Morgan fingerprint density at radius 2 is 1.61 bits per heavy atom. The highest BCUT2D eigenvalue weighted by molar-refractivity contribution is 5.93. The van der Waals surface area contributed by atoms with Crippen molar-refractivity contribution in [3.8, 4) is 17.0 Å². The third kappa shape index (κ3) is 5.04. The lowest BCUT2D eigenvalue weighted by molar-refractivity contribution is 0.205. The summed E-state index contributed by atoms with van der Waals surface area (Å²) in [6.45, 7) is 8.25. The van der Waals surface area contributed by atoms with Gasteiger partial charge in [0.25, 0.3) is 0 Å². The third-order valence-electron chi connectivity index (χ3n) is 7.67. The number of rotatable bonds is 7. The number of ether oxygens (including phenoxy) is 1. The molecule has 1 aliphatic heterocycles. The van der Waals surface area contributed by atoms with Crippen LogP contribution in [0.1, 0.15) is 41.0 Å². The van der Waals surface area contributed by atoms with E-state index in [1.165, 1.54) is 46.2 Å². The molecule has 1 aliphatic rings. The average Bonchev–Trinajstić information content (AvgIpc) is 3.18. The van der Waals surface area contributed by atoms with Crippen molar-refractivity contribution in [2.75, 3.05) is 26.8 Å². The zero-order chi connectivity index (χ0) is 24.4. The number of halogens is 1. The molecule has 3 aromatic carbocycles. The molecule has 1 saturated heterocycles. The van der Waals surface area contributed by atoms with Gasteiger partial charge in [0.15, 0.2) is 0 Å². The first-order valence-corrected chi connectivity index (χ1v) is 12.7. The predicted octanol–water partition coefficient (Wildman–Crippen LogP) is 6.73. The Morgan fingerprint density at radius 1 is 0.917 bits per heavy atom. The van der Waals surface area contributed by atoms with E-state index in [4.69, 9.17) is 4.74 Å². The summed E-state index contributed by atoms with van der Waals surface area (Å²) < 4.78 is 7.88. The van der Waals surface area contributed by atoms with E-state index in [0.29, 0.717) is 12.5 Å². The molecule has 5 heteroatoms. The summed E-state index contributed by atoms with van der Waals surface area (Å²) in [7, 11) is 1.72. The number of methoxy groups -OCH3 is 1. The van der Waals surface area contributed by atoms with Gasteiger partial charge in [-0.2, -0.15) is 0 Å². The molecule has 0 atom stereocenters. The first-order chi connectivity index (χ1) is 17.1. The number of aromatic nitrogens is 1. The molecule has 0 amide bonds. The number of hydrogen-bond acceptors (Lipinski definition) is 3. The number of likely N-dealkylation sites (tertiary alicyclic amines) is 1. The molecule has 0 bridgehead atoms. The van der Waals surface area contributed by atoms with Crippen LogP contribution < -0.4 is 4.74 Å². The van der Waals surface area contributed by atoms with Crippen molar-refractivity contribution in [1.29, 1.82) is 0 Å². The molecule has 4 aromatic rings. The maximum atomic E-state index is 9.91. The molecule has 0 unspecified atom stereocenters. The molecule has 4 nitrogen and oxygen atoms in total. The van der Waals surface area contributed by atoms with E-state index in [0.717, 1.165) is 30.9 Å². The van der Waals surface area contributed by atoms with Gasteiger partial charge in [-0.15, -0.1) is 12.4 Å². The number of aliphatic hydroxyl groups excluding tert-OH is 1. The zero-order valence-corrected chi connectivity index (χ0v) is 22.4. The number of fused-ring (bicyclic) bond motifs is 1. The lowest BCUT2D eigenvalue weighted by Gasteiger charge is -2.33. The van der Waals surface area contributed by atoms with Crippen LogP contribution in [0.15, 0.2) is 66.7 Å². The van der Waals surface area contributed by atoms with Crippen molar-refractivity contribution >= 4 is 23.3 Å². The number of aliphatic hydroxyl groups is 1. The van der Waals surface area contributed by atoms with Gasteiger partial charge in [0.05, 0.1) is 19.4 Å². The Morgan fingerprint density at radius 3 is 2.25 bits per heavy atom. The van der Waals surface area contributed by atoms with Crippen LogP contribution in [0, 0.1) is 13.8 Å². The van der Waals surface area contributed by atoms with Crippen molar-refractivity contribution in [3.05, 3.63) is 89.0 Å². The molecule has 36 heavy (non-hydrogen) atoms. The SMILES string of the molecule is COc1ccc2c(c1)c(CN1CCC(c3c(C)cccc3C)CC1)c(-c1ccccc1)n2CCO.Cl. The van der Waals surface area contributed by atoms with E-state index >= 15 is 0 Å². The fourth-order valence-electron chi connectivity index (χ4n) is 6.02. The van der Waals surface area contributed by atoms with E-state index in [9.17, 15) is 5.11 Å². The number of aryl methyl sites for hydroxylation is 2. The summed E-state index contributed by atoms with van der Waals surface area (Å²) in [5.41, 5.74) is 9.28. The molecule has 0 saturated carbocycles. The number of nitrogens with zero attached hydrogens (tertiary/aromatic N) is 2. The van der Waals surface area contributed by atoms with Crippen molar-refractivity contribution in [3.63, 3.8) is 0 Å². The molecule has 2 heterocycles. The quantitative estimate of drug-likeness (QED) is 0.303. The Hall–Kier alpha value is -2.79. The minimum atomic E-state index is 0. The van der Waals surface area contributed by atoms with Gasteiger partial charge in [-0.3, -0.25) is 4.90 Å². The van der Waals surface area contributed by atoms with E-state index in [-0.39, 0.29) is 19.0 Å². The van der Waals surface area contributed by atoms with Crippen LogP contribution in [-0.4, -0.2) is 41.4 Å². The lowest BCUT2D eigenvalue weighted by atomic mass is 9.84. The van der Waals surface area contributed by atoms with Crippen LogP contribution in [0.4, 0.5) is 0 Å². The number of piperidine rings is 1. The minimum absolute atomic E-state index is 0. The zero-order valence-electron chi connectivity index (χ0n) is 21.5. The van der Waals surface area contributed by atoms with Crippen LogP contribution in [0.2, 0.25) is 0 Å². The molecule has 0 radical (unpaired) electrons. The molecule has 190 valence electrons. The normalized spacial score (nSPS) is 14.7. The highest BCUT2D eigenvalue weighted by Gasteiger charge is 2.26. The van der Waals surface area contributed by atoms with Crippen molar-refractivity contribution < 1.29 is 9.84 Å². The van der Waals surface area contributed by atoms with Crippen molar-refractivity contribution in [2.24, 2.45) is 0 Å². The first-order valence-electron chi connectivity index (χ1n) is 12.7. The monoisotopic (exact) mass is 504 g/mol. The highest BCUT2D eigenvalue weighted by Crippen LogP contribution is 2.38. The Balaban J connectivity index is 0.00000304. The molecule has 5 rings (SSSR count). The van der Waals surface area contributed by atoms with Crippen molar-refractivity contribution in [2.45, 2.75) is 45.7 Å². The fourth-order valence-corrected chi connectivity index (χ4v) is 6.02. The predicted molar refractivity (Wildman–Crippen MR) is 151 cm³/mol. The van der Waals surface area contributed by atoms with E-state index in [1.807, 2.05) is 6.07 Å². The van der Waals surface area contributed by atoms with Gasteiger partial charge < -0.3 is 14.4 Å². The van der Waals surface area contributed by atoms with Crippen molar-refractivity contribution in [1.82, 2.24) is 9.47 Å². The Bertz CT molecular complexity index is 1290. The molecule has 1 aromatic heterocycles. The topological polar surface area (TPSA) is 37.6 Å². The van der Waals surface area contributed by atoms with Gasteiger partial charge in [-0.05, 0) is 91.7 Å². The first kappa shape index (κ1) is 26.3. The average molecular weight is 505 g/mol. The second-order valence-corrected chi connectivity index (χ2v) is 9.81. The van der Waals surface area contributed by atoms with Gasteiger partial charge in [0.2, 0.25) is 0 Å². The summed E-state index contributed by atoms with van der Waals surface area (Å²) in [5.74, 6) is 1.50.